The van der Waals surface area contributed by atoms with Crippen LogP contribution in [0.4, 0.5) is 0 Å². The normalized spacial score (nSPS) is 12.2. The van der Waals surface area contributed by atoms with E-state index in [2.05, 4.69) is 60.2 Å². The first-order chi connectivity index (χ1) is 8.54. The molecule has 1 N–H and O–H groups in total. The van der Waals surface area contributed by atoms with Gasteiger partial charge in [0.2, 0.25) is 0 Å². The number of benzene rings is 1. The van der Waals surface area contributed by atoms with Gasteiger partial charge in [-0.25, -0.2) is 0 Å². The lowest BCUT2D eigenvalue weighted by Gasteiger charge is -2.13. The Morgan fingerprint density at radius 3 is 2.72 bits per heavy atom. The zero-order valence-corrected chi connectivity index (χ0v) is 13.6. The zero-order chi connectivity index (χ0) is 13.5. The molecule has 1 aromatic carbocycles. The average Bonchev–Trinajstić information content (AvgIpc) is 2.32. The van der Waals surface area contributed by atoms with Crippen LogP contribution in [0, 0.1) is 5.92 Å². The largest absolute Gasteiger partial charge is 0.313 e. The summed E-state index contributed by atoms with van der Waals surface area (Å²) in [5.74, 6) is 0.545. The summed E-state index contributed by atoms with van der Waals surface area (Å²) in [6, 6.07) is 6.04. The fraction of sp³-hybridized carbons (Fsp3) is 0.467. The molecule has 0 fully saturated rings. The van der Waals surface area contributed by atoms with E-state index in [0.717, 1.165) is 29.0 Å². The highest BCUT2D eigenvalue weighted by Gasteiger charge is 2.04. The van der Waals surface area contributed by atoms with E-state index in [-0.39, 0.29) is 0 Å². The quantitative estimate of drug-likeness (QED) is 0.712. The maximum absolute atomic E-state index is 6.00. The predicted octanol–water partition coefficient (Wildman–Crippen LogP) is 5.14. The molecule has 1 nitrogen and oxygen atoms in total. The van der Waals surface area contributed by atoms with E-state index in [1.165, 1.54) is 11.1 Å². The summed E-state index contributed by atoms with van der Waals surface area (Å²) in [6.45, 7) is 8.65. The molecule has 0 aliphatic rings. The zero-order valence-electron chi connectivity index (χ0n) is 11.3. The lowest BCUT2D eigenvalue weighted by molar-refractivity contribution is 0.657. The summed E-state index contributed by atoms with van der Waals surface area (Å²) in [5, 5.41) is 4.21. The van der Waals surface area contributed by atoms with E-state index < -0.39 is 0 Å². The Bertz CT molecular complexity index is 413. The van der Waals surface area contributed by atoms with Gasteiger partial charge in [0, 0.05) is 11.0 Å². The van der Waals surface area contributed by atoms with E-state index in [1.54, 1.807) is 0 Å². The summed E-state index contributed by atoms with van der Waals surface area (Å²) in [4.78, 5) is 0. The Balaban J connectivity index is 2.83. The van der Waals surface area contributed by atoms with Crippen molar-refractivity contribution in [3.05, 3.63) is 38.8 Å². The second kappa shape index (κ2) is 7.98. The van der Waals surface area contributed by atoms with Gasteiger partial charge in [0.25, 0.3) is 0 Å². The molecule has 0 aliphatic carbocycles. The van der Waals surface area contributed by atoms with E-state index in [4.69, 9.17) is 11.6 Å². The fourth-order valence-corrected chi connectivity index (χ4v) is 2.16. The lowest BCUT2D eigenvalue weighted by Crippen LogP contribution is -2.19. The summed E-state index contributed by atoms with van der Waals surface area (Å²) < 4.78 is 0.947. The van der Waals surface area contributed by atoms with Gasteiger partial charge in [-0.3, -0.25) is 0 Å². The maximum Gasteiger partial charge on any atom is 0.0548 e. The fourth-order valence-electron chi connectivity index (χ4n) is 1.65. The van der Waals surface area contributed by atoms with Crippen LogP contribution >= 0.6 is 27.5 Å². The van der Waals surface area contributed by atoms with Crippen molar-refractivity contribution in [1.29, 1.82) is 0 Å². The molecule has 0 atom stereocenters. The Hall–Kier alpha value is -0.310. The third-order valence-corrected chi connectivity index (χ3v) is 4.01. The van der Waals surface area contributed by atoms with Gasteiger partial charge in [-0.05, 0) is 52.5 Å². The van der Waals surface area contributed by atoms with Gasteiger partial charge in [-0.1, -0.05) is 50.1 Å². The first-order valence-electron chi connectivity index (χ1n) is 6.40. The van der Waals surface area contributed by atoms with Crippen molar-refractivity contribution in [2.45, 2.75) is 27.2 Å². The third-order valence-electron chi connectivity index (χ3n) is 2.79. The second-order valence-electron chi connectivity index (χ2n) is 4.72. The Morgan fingerprint density at radius 1 is 1.44 bits per heavy atom. The molecule has 0 saturated heterocycles. The van der Waals surface area contributed by atoms with E-state index in [0.29, 0.717) is 5.92 Å². The molecular formula is C15H21BrClN. The van der Waals surface area contributed by atoms with Gasteiger partial charge in [-0.2, -0.15) is 0 Å². The van der Waals surface area contributed by atoms with Gasteiger partial charge >= 0.3 is 0 Å². The van der Waals surface area contributed by atoms with Crippen LogP contribution < -0.4 is 5.32 Å². The Kier molecular flexibility index (Phi) is 6.98. The van der Waals surface area contributed by atoms with Crippen molar-refractivity contribution in [2.75, 3.05) is 13.1 Å². The summed E-state index contributed by atoms with van der Waals surface area (Å²) >= 11 is 9.46. The molecule has 0 heterocycles. The van der Waals surface area contributed by atoms with Crippen molar-refractivity contribution in [1.82, 2.24) is 5.32 Å². The van der Waals surface area contributed by atoms with Gasteiger partial charge in [0.05, 0.1) is 5.02 Å². The van der Waals surface area contributed by atoms with Gasteiger partial charge < -0.3 is 5.32 Å². The molecule has 0 aromatic heterocycles. The average molecular weight is 331 g/mol. The summed E-state index contributed by atoms with van der Waals surface area (Å²) in [5.41, 5.74) is 2.60. The Morgan fingerprint density at radius 2 is 2.17 bits per heavy atom. The number of hydrogen-bond acceptors (Lipinski definition) is 1. The van der Waals surface area contributed by atoms with Gasteiger partial charge in [0.15, 0.2) is 0 Å². The lowest BCUT2D eigenvalue weighted by atomic mass is 10.0. The van der Waals surface area contributed by atoms with Crippen LogP contribution in [-0.4, -0.2) is 13.1 Å². The molecule has 1 rings (SSSR count). The maximum atomic E-state index is 6.00. The van der Waals surface area contributed by atoms with Crippen LogP contribution in [0.1, 0.15) is 32.8 Å². The SMILES string of the molecule is CCCNC/C(=C/c1ccc(Cl)c(Br)c1)C(C)C. The highest BCUT2D eigenvalue weighted by atomic mass is 79.9. The Labute approximate surface area is 124 Å². The molecule has 0 radical (unpaired) electrons. The summed E-state index contributed by atoms with van der Waals surface area (Å²) in [6.07, 6.45) is 3.41. The minimum absolute atomic E-state index is 0.545. The van der Waals surface area contributed by atoms with E-state index in [9.17, 15) is 0 Å². The molecule has 0 spiro atoms. The monoisotopic (exact) mass is 329 g/mol. The first-order valence-corrected chi connectivity index (χ1v) is 7.58. The minimum atomic E-state index is 0.545. The molecule has 1 aromatic rings. The smallest absolute Gasteiger partial charge is 0.0548 e. The second-order valence-corrected chi connectivity index (χ2v) is 5.99. The summed E-state index contributed by atoms with van der Waals surface area (Å²) in [7, 11) is 0. The van der Waals surface area contributed by atoms with Crippen molar-refractivity contribution in [3.63, 3.8) is 0 Å². The molecule has 0 saturated carbocycles. The highest BCUT2D eigenvalue weighted by molar-refractivity contribution is 9.10. The van der Waals surface area contributed by atoms with Crippen molar-refractivity contribution >= 4 is 33.6 Å². The van der Waals surface area contributed by atoms with Crippen LogP contribution in [-0.2, 0) is 0 Å². The van der Waals surface area contributed by atoms with Gasteiger partial charge in [0.1, 0.15) is 0 Å². The first kappa shape index (κ1) is 15.7. The van der Waals surface area contributed by atoms with Crippen LogP contribution in [0.15, 0.2) is 28.2 Å². The molecule has 0 aliphatic heterocycles. The number of halogens is 2. The van der Waals surface area contributed by atoms with Crippen LogP contribution in [0.2, 0.25) is 5.02 Å². The van der Waals surface area contributed by atoms with E-state index in [1.807, 2.05) is 6.07 Å². The molecule has 3 heteroatoms. The predicted molar refractivity (Wildman–Crippen MR) is 85.1 cm³/mol. The molecule has 100 valence electrons. The number of rotatable bonds is 6. The van der Waals surface area contributed by atoms with Crippen LogP contribution in [0.3, 0.4) is 0 Å². The van der Waals surface area contributed by atoms with E-state index >= 15 is 0 Å². The van der Waals surface area contributed by atoms with Crippen LogP contribution in [0.25, 0.3) is 6.08 Å². The minimum Gasteiger partial charge on any atom is -0.313 e. The topological polar surface area (TPSA) is 12.0 Å². The number of nitrogens with one attached hydrogen (secondary N) is 1. The van der Waals surface area contributed by atoms with Crippen molar-refractivity contribution < 1.29 is 0 Å². The standard InChI is InChI=1S/C15H21BrClN/c1-4-7-18-10-13(11(2)3)8-12-5-6-15(17)14(16)9-12/h5-6,8-9,11,18H,4,7,10H2,1-3H3/b13-8-. The molecule has 0 bridgehead atoms. The van der Waals surface area contributed by atoms with Gasteiger partial charge in [-0.15, -0.1) is 0 Å². The van der Waals surface area contributed by atoms with Crippen molar-refractivity contribution in [3.8, 4) is 0 Å². The van der Waals surface area contributed by atoms with Crippen molar-refractivity contribution in [2.24, 2.45) is 5.92 Å². The molecular weight excluding hydrogens is 310 g/mol. The molecule has 0 amide bonds. The number of hydrogen-bond donors (Lipinski definition) is 1. The van der Waals surface area contributed by atoms with Crippen LogP contribution in [0.5, 0.6) is 0 Å². The third kappa shape index (κ3) is 5.13. The molecule has 18 heavy (non-hydrogen) atoms. The highest BCUT2D eigenvalue weighted by Crippen LogP contribution is 2.25. The molecule has 0 unspecified atom stereocenters.